The first-order valence-corrected chi connectivity index (χ1v) is 8.42. The second-order valence-corrected chi connectivity index (χ2v) is 7.37. The summed E-state index contributed by atoms with van der Waals surface area (Å²) < 4.78 is 12.3. The molecule has 0 atom stereocenters. The van der Waals surface area contributed by atoms with E-state index in [4.69, 9.17) is 14.7 Å². The van der Waals surface area contributed by atoms with Crippen molar-refractivity contribution in [3.63, 3.8) is 0 Å². The summed E-state index contributed by atoms with van der Waals surface area (Å²) in [6.45, 7) is 10.1. The van der Waals surface area contributed by atoms with Gasteiger partial charge in [-0.05, 0) is 58.3 Å². The van der Waals surface area contributed by atoms with E-state index in [9.17, 15) is 0 Å². The van der Waals surface area contributed by atoms with Crippen LogP contribution in [0, 0.1) is 12.3 Å². The number of hydrogen-bond donors (Lipinski definition) is 2. The van der Waals surface area contributed by atoms with Crippen LogP contribution in [-0.2, 0) is 9.31 Å². The van der Waals surface area contributed by atoms with E-state index in [-0.39, 0.29) is 11.2 Å². The van der Waals surface area contributed by atoms with Gasteiger partial charge in [-0.3, -0.25) is 0 Å². The molecule has 1 aromatic carbocycles. The zero-order valence-corrected chi connectivity index (χ0v) is 15.4. The number of rotatable bonds is 4. The number of nitrogens with zero attached hydrogens (tertiary/aromatic N) is 1. The molecule has 0 unspecified atom stereocenters. The molecule has 5 nitrogen and oxygen atoms in total. The van der Waals surface area contributed by atoms with Crippen LogP contribution < -0.4 is 10.8 Å². The molecule has 1 aliphatic heterocycles. The molecule has 0 aliphatic carbocycles. The number of benzene rings is 1. The van der Waals surface area contributed by atoms with Crippen LogP contribution in [0.25, 0.3) is 0 Å². The molecule has 2 aromatic rings. The van der Waals surface area contributed by atoms with Crippen molar-refractivity contribution in [3.05, 3.63) is 47.7 Å². The second-order valence-electron chi connectivity index (χ2n) is 7.37. The van der Waals surface area contributed by atoms with Crippen LogP contribution in [0.15, 0.2) is 36.4 Å². The van der Waals surface area contributed by atoms with Crippen molar-refractivity contribution in [2.75, 3.05) is 5.32 Å². The van der Waals surface area contributed by atoms with Gasteiger partial charge in [0.05, 0.1) is 11.2 Å². The number of nitrogens with one attached hydrogen (secondary N) is 2. The summed E-state index contributed by atoms with van der Waals surface area (Å²) in [7, 11) is -0.434. The predicted molar refractivity (Wildman–Crippen MR) is 102 cm³/mol. The fourth-order valence-electron chi connectivity index (χ4n) is 2.68. The van der Waals surface area contributed by atoms with Gasteiger partial charge < -0.3 is 20.0 Å². The normalized spacial score (nSPS) is 18.2. The van der Waals surface area contributed by atoms with Gasteiger partial charge in [0.25, 0.3) is 0 Å². The molecule has 2 N–H and O–H groups in total. The molecule has 0 spiro atoms. The standard InChI is InChI=1S/C19H24BN3O2/c1-13-7-6-8-17(22-13)23-16-11-15(10-9-14(16)12-21)20-24-18(2,3)19(4,5)25-20/h6-12,21H,1-5H3,(H,22,23). The Morgan fingerprint density at radius 2 is 1.76 bits per heavy atom. The summed E-state index contributed by atoms with van der Waals surface area (Å²) in [5, 5.41) is 10.9. The van der Waals surface area contributed by atoms with E-state index in [1.165, 1.54) is 6.21 Å². The highest BCUT2D eigenvalue weighted by atomic mass is 16.7. The largest absolute Gasteiger partial charge is 0.494 e. The summed E-state index contributed by atoms with van der Waals surface area (Å²) >= 11 is 0. The fourth-order valence-corrected chi connectivity index (χ4v) is 2.68. The maximum atomic E-state index is 7.65. The Balaban J connectivity index is 1.92. The first-order chi connectivity index (χ1) is 11.7. The monoisotopic (exact) mass is 337 g/mol. The van der Waals surface area contributed by atoms with Gasteiger partial charge in [0.1, 0.15) is 5.82 Å². The lowest BCUT2D eigenvalue weighted by molar-refractivity contribution is 0.00578. The topological polar surface area (TPSA) is 67.2 Å². The molecule has 6 heteroatoms. The van der Waals surface area contributed by atoms with Crippen LogP contribution in [0.2, 0.25) is 0 Å². The minimum atomic E-state index is -0.434. The van der Waals surface area contributed by atoms with Gasteiger partial charge in [0, 0.05) is 23.2 Å². The minimum absolute atomic E-state index is 0.385. The molecular weight excluding hydrogens is 313 g/mol. The molecule has 0 radical (unpaired) electrons. The van der Waals surface area contributed by atoms with Crippen molar-refractivity contribution in [2.45, 2.75) is 45.8 Å². The predicted octanol–water partition coefficient (Wildman–Crippen LogP) is 3.43. The molecule has 2 heterocycles. The summed E-state index contributed by atoms with van der Waals surface area (Å²) in [6.07, 6.45) is 1.33. The number of aryl methyl sites for hydroxylation is 1. The highest BCUT2D eigenvalue weighted by Gasteiger charge is 2.51. The number of pyridine rings is 1. The Labute approximate surface area is 149 Å². The molecule has 1 aliphatic rings. The van der Waals surface area contributed by atoms with Gasteiger partial charge in [0.15, 0.2) is 0 Å². The molecular formula is C19H24BN3O2. The van der Waals surface area contributed by atoms with Crippen LogP contribution in [0.1, 0.15) is 39.0 Å². The van der Waals surface area contributed by atoms with Crippen molar-refractivity contribution in [1.29, 1.82) is 5.41 Å². The third kappa shape index (κ3) is 3.46. The second kappa shape index (κ2) is 6.28. The molecule has 25 heavy (non-hydrogen) atoms. The van der Waals surface area contributed by atoms with E-state index in [0.717, 1.165) is 28.2 Å². The molecule has 3 rings (SSSR count). The van der Waals surface area contributed by atoms with Crippen LogP contribution in [-0.4, -0.2) is 29.5 Å². The lowest BCUT2D eigenvalue weighted by Crippen LogP contribution is -2.41. The number of anilines is 2. The number of hydrogen-bond acceptors (Lipinski definition) is 5. The third-order valence-corrected chi connectivity index (χ3v) is 4.91. The quantitative estimate of drug-likeness (QED) is 0.663. The third-order valence-electron chi connectivity index (χ3n) is 4.91. The summed E-state index contributed by atoms with van der Waals surface area (Å²) in [5.41, 5.74) is 2.67. The lowest BCUT2D eigenvalue weighted by atomic mass is 9.78. The Kier molecular flexibility index (Phi) is 4.43. The summed E-state index contributed by atoms with van der Waals surface area (Å²) in [6, 6.07) is 11.6. The number of aromatic nitrogens is 1. The Morgan fingerprint density at radius 3 is 2.36 bits per heavy atom. The van der Waals surface area contributed by atoms with Gasteiger partial charge in [0.2, 0.25) is 0 Å². The van der Waals surface area contributed by atoms with E-state index < -0.39 is 7.12 Å². The maximum Gasteiger partial charge on any atom is 0.494 e. The molecule has 130 valence electrons. The van der Waals surface area contributed by atoms with Gasteiger partial charge in [-0.15, -0.1) is 0 Å². The average molecular weight is 337 g/mol. The van der Waals surface area contributed by atoms with E-state index in [0.29, 0.717) is 0 Å². The first kappa shape index (κ1) is 17.6. The van der Waals surface area contributed by atoms with Gasteiger partial charge in [-0.25, -0.2) is 4.98 Å². The summed E-state index contributed by atoms with van der Waals surface area (Å²) in [5.74, 6) is 0.745. The Hall–Kier alpha value is -2.18. The van der Waals surface area contributed by atoms with Crippen LogP contribution in [0.3, 0.4) is 0 Å². The molecule has 1 saturated heterocycles. The van der Waals surface area contributed by atoms with Crippen molar-refractivity contribution >= 4 is 30.3 Å². The van der Waals surface area contributed by atoms with Crippen molar-refractivity contribution in [2.24, 2.45) is 0 Å². The summed E-state index contributed by atoms with van der Waals surface area (Å²) in [4.78, 5) is 4.47. The van der Waals surface area contributed by atoms with Gasteiger partial charge in [-0.1, -0.05) is 18.2 Å². The van der Waals surface area contributed by atoms with E-state index in [1.807, 2.05) is 71.0 Å². The van der Waals surface area contributed by atoms with Gasteiger partial charge in [-0.2, -0.15) is 0 Å². The SMILES string of the molecule is Cc1cccc(Nc2cc(B3OC(C)(C)C(C)(C)O3)ccc2C=N)n1. The Morgan fingerprint density at radius 1 is 1.08 bits per heavy atom. The van der Waals surface area contributed by atoms with Gasteiger partial charge >= 0.3 is 7.12 Å². The van der Waals surface area contributed by atoms with Crippen LogP contribution in [0.4, 0.5) is 11.5 Å². The first-order valence-electron chi connectivity index (χ1n) is 8.42. The average Bonchev–Trinajstić information content (AvgIpc) is 2.75. The van der Waals surface area contributed by atoms with E-state index in [1.54, 1.807) is 0 Å². The van der Waals surface area contributed by atoms with Crippen molar-refractivity contribution in [1.82, 2.24) is 4.98 Å². The van der Waals surface area contributed by atoms with Crippen molar-refractivity contribution in [3.8, 4) is 0 Å². The zero-order valence-electron chi connectivity index (χ0n) is 15.4. The van der Waals surface area contributed by atoms with Crippen molar-refractivity contribution < 1.29 is 9.31 Å². The Bertz CT molecular complexity index is 789. The van der Waals surface area contributed by atoms with E-state index in [2.05, 4.69) is 10.3 Å². The molecule has 1 aromatic heterocycles. The lowest BCUT2D eigenvalue weighted by Gasteiger charge is -2.32. The molecule has 0 bridgehead atoms. The highest BCUT2D eigenvalue weighted by Crippen LogP contribution is 2.36. The van der Waals surface area contributed by atoms with E-state index >= 15 is 0 Å². The zero-order chi connectivity index (χ0) is 18.2. The van der Waals surface area contributed by atoms with Crippen LogP contribution >= 0.6 is 0 Å². The molecule has 0 saturated carbocycles. The fraction of sp³-hybridized carbons (Fsp3) is 0.368. The maximum absolute atomic E-state index is 7.65. The molecule has 0 amide bonds. The minimum Gasteiger partial charge on any atom is -0.399 e. The molecule has 1 fully saturated rings. The smallest absolute Gasteiger partial charge is 0.399 e. The highest BCUT2D eigenvalue weighted by molar-refractivity contribution is 6.62. The van der Waals surface area contributed by atoms with Crippen LogP contribution in [0.5, 0.6) is 0 Å².